The second-order valence-corrected chi connectivity index (χ2v) is 10.9. The SMILES string of the molecule is CC(C)(C)[Si](C)(C)O[C@@H]1CCCC(=O)C1. The number of ketones is 1. The van der Waals surface area contributed by atoms with Crippen molar-refractivity contribution in [2.75, 3.05) is 0 Å². The number of carbonyl (C=O) groups is 1. The van der Waals surface area contributed by atoms with Crippen molar-refractivity contribution in [3.8, 4) is 0 Å². The van der Waals surface area contributed by atoms with Gasteiger partial charge in [-0.2, -0.15) is 0 Å². The molecule has 1 aliphatic carbocycles. The zero-order valence-electron chi connectivity index (χ0n) is 10.7. The monoisotopic (exact) mass is 228 g/mol. The zero-order valence-corrected chi connectivity index (χ0v) is 11.7. The predicted molar refractivity (Wildman–Crippen MR) is 65.5 cm³/mol. The van der Waals surface area contributed by atoms with Crippen LogP contribution >= 0.6 is 0 Å². The van der Waals surface area contributed by atoms with E-state index in [0.29, 0.717) is 12.2 Å². The molecule has 1 atom stereocenters. The van der Waals surface area contributed by atoms with Gasteiger partial charge in [-0.3, -0.25) is 4.79 Å². The first-order valence-corrected chi connectivity index (χ1v) is 8.83. The van der Waals surface area contributed by atoms with Crippen molar-refractivity contribution in [2.45, 2.75) is 70.7 Å². The Kier molecular flexibility index (Phi) is 3.77. The summed E-state index contributed by atoms with van der Waals surface area (Å²) in [7, 11) is -1.67. The van der Waals surface area contributed by atoms with Gasteiger partial charge in [0.15, 0.2) is 8.32 Å². The maximum Gasteiger partial charge on any atom is 0.192 e. The van der Waals surface area contributed by atoms with Crippen LogP contribution in [0.1, 0.15) is 46.5 Å². The molecule has 0 heterocycles. The molecule has 15 heavy (non-hydrogen) atoms. The average Bonchev–Trinajstić information content (AvgIpc) is 2.00. The van der Waals surface area contributed by atoms with Crippen molar-refractivity contribution < 1.29 is 9.22 Å². The van der Waals surface area contributed by atoms with E-state index in [0.717, 1.165) is 19.3 Å². The zero-order chi connectivity index (χ0) is 11.7. The minimum atomic E-state index is -1.67. The summed E-state index contributed by atoms with van der Waals surface area (Å²) in [4.78, 5) is 11.3. The molecule has 2 nitrogen and oxygen atoms in total. The normalized spacial score (nSPS) is 24.3. The Morgan fingerprint density at radius 1 is 1.33 bits per heavy atom. The van der Waals surface area contributed by atoms with E-state index in [-0.39, 0.29) is 11.1 Å². The molecule has 88 valence electrons. The third-order valence-corrected chi connectivity index (χ3v) is 8.24. The van der Waals surface area contributed by atoms with Gasteiger partial charge in [0.05, 0.1) is 6.10 Å². The quantitative estimate of drug-likeness (QED) is 0.676. The van der Waals surface area contributed by atoms with Gasteiger partial charge >= 0.3 is 0 Å². The van der Waals surface area contributed by atoms with E-state index in [1.807, 2.05) is 0 Å². The molecule has 0 spiro atoms. The molecule has 0 aromatic heterocycles. The van der Waals surface area contributed by atoms with Crippen LogP contribution in [0.15, 0.2) is 0 Å². The lowest BCUT2D eigenvalue weighted by Crippen LogP contribution is -2.45. The lowest BCUT2D eigenvalue weighted by atomic mass is 9.97. The molecular formula is C12H24O2Si. The number of hydrogen-bond acceptors (Lipinski definition) is 2. The first-order chi connectivity index (χ1) is 6.72. The summed E-state index contributed by atoms with van der Waals surface area (Å²) < 4.78 is 6.23. The second kappa shape index (κ2) is 4.38. The fraction of sp³-hybridized carbons (Fsp3) is 0.917. The van der Waals surface area contributed by atoms with Crippen molar-refractivity contribution in [3.63, 3.8) is 0 Å². The van der Waals surface area contributed by atoms with Gasteiger partial charge in [0.1, 0.15) is 5.78 Å². The fourth-order valence-corrected chi connectivity index (χ4v) is 3.07. The van der Waals surface area contributed by atoms with Crippen molar-refractivity contribution in [1.82, 2.24) is 0 Å². The number of hydrogen-bond donors (Lipinski definition) is 0. The highest BCUT2D eigenvalue weighted by molar-refractivity contribution is 6.74. The van der Waals surface area contributed by atoms with E-state index in [2.05, 4.69) is 33.9 Å². The van der Waals surface area contributed by atoms with E-state index in [4.69, 9.17) is 4.43 Å². The number of carbonyl (C=O) groups excluding carboxylic acids is 1. The van der Waals surface area contributed by atoms with Crippen molar-refractivity contribution >= 4 is 14.1 Å². The smallest absolute Gasteiger partial charge is 0.192 e. The summed E-state index contributed by atoms with van der Waals surface area (Å²) in [6.45, 7) is 11.2. The number of rotatable bonds is 2. The van der Waals surface area contributed by atoms with E-state index >= 15 is 0 Å². The molecule has 0 bridgehead atoms. The van der Waals surface area contributed by atoms with E-state index in [1.165, 1.54) is 0 Å². The molecule has 0 radical (unpaired) electrons. The van der Waals surface area contributed by atoms with Gasteiger partial charge in [-0.1, -0.05) is 20.8 Å². The van der Waals surface area contributed by atoms with Crippen LogP contribution in [0.2, 0.25) is 18.1 Å². The molecule has 0 unspecified atom stereocenters. The van der Waals surface area contributed by atoms with Crippen LogP contribution in [0.5, 0.6) is 0 Å². The standard InChI is InChI=1S/C12H24O2Si/c1-12(2,3)15(4,5)14-11-8-6-7-10(13)9-11/h11H,6-9H2,1-5H3/t11-/m1/s1. The van der Waals surface area contributed by atoms with E-state index in [1.54, 1.807) is 0 Å². The Bertz CT molecular complexity index is 240. The minimum Gasteiger partial charge on any atom is -0.413 e. The maximum atomic E-state index is 11.3. The van der Waals surface area contributed by atoms with Gasteiger partial charge in [-0.05, 0) is 31.0 Å². The summed E-state index contributed by atoms with van der Waals surface area (Å²) >= 11 is 0. The van der Waals surface area contributed by atoms with Gasteiger partial charge < -0.3 is 4.43 Å². The summed E-state index contributed by atoms with van der Waals surface area (Å²) in [5.74, 6) is 0.380. The molecule has 0 N–H and O–H groups in total. The van der Waals surface area contributed by atoms with Gasteiger partial charge in [0, 0.05) is 12.8 Å². The van der Waals surface area contributed by atoms with E-state index < -0.39 is 8.32 Å². The highest BCUT2D eigenvalue weighted by atomic mass is 28.4. The van der Waals surface area contributed by atoms with Gasteiger partial charge in [0.2, 0.25) is 0 Å². The molecule has 0 aromatic rings. The van der Waals surface area contributed by atoms with Crippen molar-refractivity contribution in [2.24, 2.45) is 0 Å². The molecule has 1 aliphatic rings. The Hall–Kier alpha value is -0.153. The van der Waals surface area contributed by atoms with Crippen LogP contribution in [-0.4, -0.2) is 20.2 Å². The number of Topliss-reactive ketones (excluding diaryl/α,β-unsaturated/α-hetero) is 1. The maximum absolute atomic E-state index is 11.3. The topological polar surface area (TPSA) is 26.3 Å². The first-order valence-electron chi connectivity index (χ1n) is 5.92. The Balaban J connectivity index is 2.57. The molecule has 0 aromatic carbocycles. The van der Waals surface area contributed by atoms with Crippen LogP contribution in [-0.2, 0) is 9.22 Å². The lowest BCUT2D eigenvalue weighted by Gasteiger charge is -2.40. The predicted octanol–water partition coefficient (Wildman–Crippen LogP) is 3.52. The lowest BCUT2D eigenvalue weighted by molar-refractivity contribution is -0.122. The molecule has 3 heteroatoms. The average molecular weight is 228 g/mol. The van der Waals surface area contributed by atoms with Crippen LogP contribution in [0.25, 0.3) is 0 Å². The fourth-order valence-electron chi connectivity index (χ4n) is 1.68. The Morgan fingerprint density at radius 3 is 2.40 bits per heavy atom. The minimum absolute atomic E-state index is 0.201. The van der Waals surface area contributed by atoms with Crippen molar-refractivity contribution in [1.29, 1.82) is 0 Å². The first kappa shape index (κ1) is 12.9. The highest BCUT2D eigenvalue weighted by Gasteiger charge is 2.39. The summed E-state index contributed by atoms with van der Waals surface area (Å²) in [6.07, 6.45) is 3.69. The largest absolute Gasteiger partial charge is 0.413 e. The van der Waals surface area contributed by atoms with Crippen LogP contribution in [0, 0.1) is 0 Å². The van der Waals surface area contributed by atoms with Crippen LogP contribution in [0.4, 0.5) is 0 Å². The van der Waals surface area contributed by atoms with Gasteiger partial charge in [-0.25, -0.2) is 0 Å². The molecule has 0 aliphatic heterocycles. The molecule has 1 rings (SSSR count). The Morgan fingerprint density at radius 2 is 1.93 bits per heavy atom. The third kappa shape index (κ3) is 3.42. The van der Waals surface area contributed by atoms with Crippen LogP contribution in [0.3, 0.4) is 0 Å². The second-order valence-electron chi connectivity index (χ2n) is 6.14. The van der Waals surface area contributed by atoms with Gasteiger partial charge in [0.25, 0.3) is 0 Å². The van der Waals surface area contributed by atoms with Gasteiger partial charge in [-0.15, -0.1) is 0 Å². The molecule has 0 saturated heterocycles. The molecule has 0 amide bonds. The summed E-state index contributed by atoms with van der Waals surface area (Å²) in [5, 5.41) is 0.244. The van der Waals surface area contributed by atoms with Crippen molar-refractivity contribution in [3.05, 3.63) is 0 Å². The van der Waals surface area contributed by atoms with Crippen LogP contribution < -0.4 is 0 Å². The molecular weight excluding hydrogens is 204 g/mol. The summed E-state index contributed by atoms with van der Waals surface area (Å²) in [6, 6.07) is 0. The Labute approximate surface area is 94.5 Å². The highest BCUT2D eigenvalue weighted by Crippen LogP contribution is 2.38. The van der Waals surface area contributed by atoms with E-state index in [9.17, 15) is 4.79 Å². The molecule has 1 saturated carbocycles. The molecule has 1 fully saturated rings. The summed E-state index contributed by atoms with van der Waals surface area (Å²) in [5.41, 5.74) is 0. The third-order valence-electron chi connectivity index (χ3n) is 3.70.